The van der Waals surface area contributed by atoms with E-state index < -0.39 is 40.7 Å². The molecular weight excluding hydrogens is 710 g/mol. The van der Waals surface area contributed by atoms with Gasteiger partial charge in [-0.1, -0.05) is 29.8 Å². The van der Waals surface area contributed by atoms with Crippen LogP contribution < -0.4 is 10.2 Å². The Labute approximate surface area is 309 Å². The standard InChI is InChI=1S/C37H37ClF2N8O5/c1-36(2,3)53-35(51)47-13-14-52-19-27(47)21-10-11-28(41-15-21)48-20-37(4,24-7-5-8-25(38)30(24)39)29-23(33(48)49)16-42-32(31(29)40)44-22-17-46(18-22)34(50)26-9-6-12-43-45-26/h5-12,15-16,22,27H,13-14,17-20H2,1-4H3,(H,42,44)/t27-,37-/m1/s1. The first-order valence-corrected chi connectivity index (χ1v) is 17.4. The lowest BCUT2D eigenvalue weighted by molar-refractivity contribution is -0.0331. The molecule has 3 amide bonds. The number of nitrogens with zero attached hydrogens (tertiary/aromatic N) is 7. The molecule has 0 aliphatic carbocycles. The molecule has 0 unspecified atom stereocenters. The van der Waals surface area contributed by atoms with Crippen molar-refractivity contribution in [1.82, 2.24) is 30.0 Å². The molecule has 16 heteroatoms. The molecule has 6 heterocycles. The molecule has 0 saturated carbocycles. The lowest BCUT2D eigenvalue weighted by atomic mass is 9.71. The number of hydrogen-bond acceptors (Lipinski definition) is 10. The molecule has 4 aromatic rings. The van der Waals surface area contributed by atoms with Crippen molar-refractivity contribution in [2.45, 2.75) is 50.8 Å². The van der Waals surface area contributed by atoms with Crippen LogP contribution >= 0.6 is 11.6 Å². The summed E-state index contributed by atoms with van der Waals surface area (Å²) in [6.45, 7) is 8.24. The monoisotopic (exact) mass is 746 g/mol. The molecule has 3 aromatic heterocycles. The van der Waals surface area contributed by atoms with Crippen molar-refractivity contribution in [3.8, 4) is 0 Å². The zero-order valence-corrected chi connectivity index (χ0v) is 30.2. The van der Waals surface area contributed by atoms with Crippen LogP contribution in [0.15, 0.2) is 61.1 Å². The molecule has 276 valence electrons. The minimum absolute atomic E-state index is 0.0480. The Morgan fingerprint density at radius 2 is 1.85 bits per heavy atom. The summed E-state index contributed by atoms with van der Waals surface area (Å²) >= 11 is 6.24. The number of likely N-dealkylation sites (tertiary alicyclic amines) is 1. The summed E-state index contributed by atoms with van der Waals surface area (Å²) in [5.41, 5.74) is -1.34. The lowest BCUT2D eigenvalue weighted by Crippen LogP contribution is -2.57. The number of anilines is 2. The molecule has 2 saturated heterocycles. The molecule has 2 fully saturated rings. The van der Waals surface area contributed by atoms with E-state index in [0.717, 1.165) is 0 Å². The van der Waals surface area contributed by atoms with Crippen LogP contribution in [0.2, 0.25) is 5.02 Å². The number of rotatable bonds is 6. The van der Waals surface area contributed by atoms with E-state index in [2.05, 4.69) is 25.5 Å². The van der Waals surface area contributed by atoms with E-state index in [1.165, 1.54) is 29.4 Å². The third-order valence-electron chi connectivity index (χ3n) is 9.56. The maximum atomic E-state index is 16.8. The van der Waals surface area contributed by atoms with Gasteiger partial charge in [-0.25, -0.2) is 23.5 Å². The third kappa shape index (κ3) is 6.86. The maximum absolute atomic E-state index is 16.8. The number of hydrogen-bond donors (Lipinski definition) is 1. The van der Waals surface area contributed by atoms with Crippen molar-refractivity contribution >= 4 is 41.1 Å². The van der Waals surface area contributed by atoms with Crippen LogP contribution in [0, 0.1) is 11.6 Å². The molecule has 0 spiro atoms. The number of fused-ring (bicyclic) bond motifs is 1. The zero-order chi connectivity index (χ0) is 37.7. The average molecular weight is 747 g/mol. The molecule has 1 N–H and O–H groups in total. The Bertz CT molecular complexity index is 2060. The van der Waals surface area contributed by atoms with E-state index in [0.29, 0.717) is 18.7 Å². The number of amides is 3. The molecule has 1 aromatic carbocycles. The van der Waals surface area contributed by atoms with Crippen LogP contribution in [0.3, 0.4) is 0 Å². The highest BCUT2D eigenvalue weighted by atomic mass is 35.5. The topological polar surface area (TPSA) is 143 Å². The van der Waals surface area contributed by atoms with Gasteiger partial charge in [0.2, 0.25) is 0 Å². The number of benzene rings is 1. The van der Waals surface area contributed by atoms with Gasteiger partial charge in [0.15, 0.2) is 17.3 Å². The molecule has 13 nitrogen and oxygen atoms in total. The van der Waals surface area contributed by atoms with Gasteiger partial charge in [0.05, 0.1) is 35.9 Å². The molecule has 53 heavy (non-hydrogen) atoms. The Morgan fingerprint density at radius 3 is 2.55 bits per heavy atom. The van der Waals surface area contributed by atoms with Crippen molar-refractivity contribution < 1.29 is 32.6 Å². The van der Waals surface area contributed by atoms with Crippen LogP contribution in [0.1, 0.15) is 71.3 Å². The van der Waals surface area contributed by atoms with Crippen LogP contribution in [0.4, 0.5) is 25.2 Å². The summed E-state index contributed by atoms with van der Waals surface area (Å²) in [5, 5.41) is 10.5. The summed E-state index contributed by atoms with van der Waals surface area (Å²) in [6.07, 6.45) is 3.81. The average Bonchev–Trinajstić information content (AvgIpc) is 3.12. The summed E-state index contributed by atoms with van der Waals surface area (Å²) in [6, 6.07) is 10.2. The fourth-order valence-electron chi connectivity index (χ4n) is 6.92. The quantitative estimate of drug-likeness (QED) is 0.272. The Balaban J connectivity index is 1.19. The summed E-state index contributed by atoms with van der Waals surface area (Å²) in [4.78, 5) is 53.3. The molecular formula is C37H37ClF2N8O5. The van der Waals surface area contributed by atoms with Gasteiger partial charge < -0.3 is 19.7 Å². The van der Waals surface area contributed by atoms with E-state index in [-0.39, 0.29) is 77.2 Å². The fourth-order valence-corrected chi connectivity index (χ4v) is 7.09. The number of pyridine rings is 2. The first kappa shape index (κ1) is 36.1. The number of halogens is 3. The van der Waals surface area contributed by atoms with Gasteiger partial charge in [0.1, 0.15) is 17.2 Å². The number of carbonyl (C=O) groups excluding carboxylic acids is 3. The highest BCUT2D eigenvalue weighted by Gasteiger charge is 2.47. The summed E-state index contributed by atoms with van der Waals surface area (Å²) in [5.74, 6) is -2.37. The highest BCUT2D eigenvalue weighted by molar-refractivity contribution is 6.30. The van der Waals surface area contributed by atoms with Crippen molar-refractivity contribution in [2.75, 3.05) is 49.6 Å². The van der Waals surface area contributed by atoms with Gasteiger partial charge in [-0.15, -0.1) is 5.10 Å². The molecule has 2 atom stereocenters. The first-order valence-electron chi connectivity index (χ1n) is 17.1. The second kappa shape index (κ2) is 13.9. The Morgan fingerprint density at radius 1 is 1.06 bits per heavy atom. The van der Waals surface area contributed by atoms with E-state index in [1.54, 1.807) is 74.0 Å². The normalized spacial score (nSPS) is 20.5. The maximum Gasteiger partial charge on any atom is 0.410 e. The van der Waals surface area contributed by atoms with Gasteiger partial charge in [0.25, 0.3) is 11.8 Å². The Hall–Kier alpha value is -5.28. The van der Waals surface area contributed by atoms with Crippen LogP contribution in [0.25, 0.3) is 0 Å². The van der Waals surface area contributed by atoms with Crippen molar-refractivity contribution in [3.63, 3.8) is 0 Å². The molecule has 0 bridgehead atoms. The minimum Gasteiger partial charge on any atom is -0.444 e. The molecule has 7 rings (SSSR count). The number of carbonyl (C=O) groups is 3. The number of morpholine rings is 1. The fraction of sp³-hybridized carbons (Fsp3) is 0.378. The molecule has 3 aliphatic heterocycles. The predicted molar refractivity (Wildman–Crippen MR) is 190 cm³/mol. The first-order chi connectivity index (χ1) is 25.2. The second-order valence-corrected chi connectivity index (χ2v) is 14.8. The zero-order valence-electron chi connectivity index (χ0n) is 29.5. The number of ether oxygens (including phenoxy) is 2. The number of aromatic nitrogens is 4. The lowest BCUT2D eigenvalue weighted by Gasteiger charge is -2.43. The Kier molecular flexibility index (Phi) is 9.49. The van der Waals surface area contributed by atoms with Gasteiger partial charge in [-0.2, -0.15) is 5.10 Å². The minimum atomic E-state index is -1.46. The smallest absolute Gasteiger partial charge is 0.410 e. The molecule has 0 radical (unpaired) electrons. The number of nitrogens with one attached hydrogen (secondary N) is 1. The van der Waals surface area contributed by atoms with Gasteiger partial charge >= 0.3 is 6.09 Å². The SMILES string of the molecule is CC(C)(C)OC(=O)N1CCOC[C@@H]1c1ccc(N2C[C@](C)(c3cccc(Cl)c3F)c3c(cnc(NC4CN(C(=O)c5cccnn5)C4)c3F)C2=O)nc1. The van der Waals surface area contributed by atoms with Crippen LogP contribution in [-0.4, -0.2) is 98.9 Å². The van der Waals surface area contributed by atoms with Gasteiger partial charge in [-0.05, 0) is 57.5 Å². The van der Waals surface area contributed by atoms with E-state index >= 15 is 8.78 Å². The van der Waals surface area contributed by atoms with E-state index in [9.17, 15) is 14.4 Å². The van der Waals surface area contributed by atoms with E-state index in [4.69, 9.17) is 21.1 Å². The van der Waals surface area contributed by atoms with Gasteiger partial charge in [0, 0.05) is 61.3 Å². The van der Waals surface area contributed by atoms with Crippen LogP contribution in [-0.2, 0) is 14.9 Å². The van der Waals surface area contributed by atoms with Crippen molar-refractivity contribution in [1.29, 1.82) is 0 Å². The predicted octanol–water partition coefficient (Wildman–Crippen LogP) is 5.41. The summed E-state index contributed by atoms with van der Waals surface area (Å²) in [7, 11) is 0. The van der Waals surface area contributed by atoms with Crippen molar-refractivity contribution in [2.24, 2.45) is 0 Å². The highest BCUT2D eigenvalue weighted by Crippen LogP contribution is 2.45. The summed E-state index contributed by atoms with van der Waals surface area (Å²) < 4.78 is 43.9. The van der Waals surface area contributed by atoms with Crippen LogP contribution in [0.5, 0.6) is 0 Å². The van der Waals surface area contributed by atoms with Crippen molar-refractivity contribution in [3.05, 3.63) is 106 Å². The molecule has 3 aliphatic rings. The third-order valence-corrected chi connectivity index (χ3v) is 9.85. The van der Waals surface area contributed by atoms with E-state index in [1.807, 2.05) is 0 Å². The largest absolute Gasteiger partial charge is 0.444 e. The van der Waals surface area contributed by atoms with Gasteiger partial charge in [-0.3, -0.25) is 19.4 Å². The second-order valence-electron chi connectivity index (χ2n) is 14.4.